The number of imidazole rings is 1. The van der Waals surface area contributed by atoms with Crippen molar-refractivity contribution < 1.29 is 8.42 Å². The van der Waals surface area contributed by atoms with Crippen molar-refractivity contribution >= 4 is 21.1 Å². The van der Waals surface area contributed by atoms with Gasteiger partial charge in [-0.1, -0.05) is 0 Å². The van der Waals surface area contributed by atoms with Gasteiger partial charge in [0.15, 0.2) is 0 Å². The van der Waals surface area contributed by atoms with E-state index in [2.05, 4.69) is 11.9 Å². The lowest BCUT2D eigenvalue weighted by molar-refractivity contribution is 0.229. The van der Waals surface area contributed by atoms with Gasteiger partial charge in [-0.05, 0) is 44.0 Å². The molecule has 3 saturated heterocycles. The van der Waals surface area contributed by atoms with Gasteiger partial charge in [-0.3, -0.25) is 9.13 Å². The summed E-state index contributed by atoms with van der Waals surface area (Å²) in [6.45, 7) is 2.32. The van der Waals surface area contributed by atoms with E-state index in [0.717, 1.165) is 31.4 Å². The lowest BCUT2D eigenvalue weighted by Crippen LogP contribution is -2.47. The Bertz CT molecular complexity index is 991. The molecular formula is C17H24N4O3S. The standard InChI is InChI=1S/C17H24N4O3S/c1-18-9-12-4-5-13(11-18)21(10-12)25(23,24)14-6-7-15-16(8-14)20(3)17(22)19(15)2/h6-8,12-13H,4-5,9-11H2,1-3H3/t12-,13+/m0/s1. The molecule has 0 amide bonds. The van der Waals surface area contributed by atoms with E-state index in [4.69, 9.17) is 0 Å². The number of nitrogens with zero attached hydrogens (tertiary/aromatic N) is 4. The highest BCUT2D eigenvalue weighted by molar-refractivity contribution is 7.89. The lowest BCUT2D eigenvalue weighted by atomic mass is 9.97. The van der Waals surface area contributed by atoms with Gasteiger partial charge in [0, 0.05) is 39.8 Å². The Kier molecular flexibility index (Phi) is 3.82. The smallest absolute Gasteiger partial charge is 0.304 e. The summed E-state index contributed by atoms with van der Waals surface area (Å²) in [7, 11) is 1.86. The maximum Gasteiger partial charge on any atom is 0.328 e. The number of sulfonamides is 1. The van der Waals surface area contributed by atoms with Crippen LogP contribution < -0.4 is 5.69 Å². The molecule has 0 aliphatic carbocycles. The quantitative estimate of drug-likeness (QED) is 0.782. The zero-order chi connectivity index (χ0) is 17.9. The number of hydrogen-bond acceptors (Lipinski definition) is 4. The molecule has 7 nitrogen and oxygen atoms in total. The van der Waals surface area contributed by atoms with Crippen molar-refractivity contribution in [1.82, 2.24) is 18.3 Å². The van der Waals surface area contributed by atoms with E-state index in [0.29, 0.717) is 18.0 Å². The molecule has 1 aromatic carbocycles. The number of aromatic nitrogens is 2. The Balaban J connectivity index is 1.79. The summed E-state index contributed by atoms with van der Waals surface area (Å²) in [4.78, 5) is 14.6. The van der Waals surface area contributed by atoms with Crippen LogP contribution in [0.15, 0.2) is 27.9 Å². The number of piperidine rings is 1. The molecule has 2 atom stereocenters. The predicted octanol–water partition coefficient (Wildman–Crippen LogP) is 0.592. The molecule has 0 spiro atoms. The van der Waals surface area contributed by atoms with Crippen LogP contribution in [0.5, 0.6) is 0 Å². The minimum absolute atomic E-state index is 0.0315. The van der Waals surface area contributed by atoms with Crippen molar-refractivity contribution in [2.45, 2.75) is 23.8 Å². The fourth-order valence-corrected chi connectivity index (χ4v) is 6.09. The molecular weight excluding hydrogens is 340 g/mol. The van der Waals surface area contributed by atoms with Gasteiger partial charge in [-0.15, -0.1) is 0 Å². The van der Waals surface area contributed by atoms with Gasteiger partial charge in [0.2, 0.25) is 10.0 Å². The summed E-state index contributed by atoms with van der Waals surface area (Å²) >= 11 is 0. The molecule has 4 heterocycles. The zero-order valence-electron chi connectivity index (χ0n) is 14.8. The molecule has 2 bridgehead atoms. The van der Waals surface area contributed by atoms with E-state index < -0.39 is 10.0 Å². The molecule has 25 heavy (non-hydrogen) atoms. The topological polar surface area (TPSA) is 67.6 Å². The first-order valence-corrected chi connectivity index (χ1v) is 10.1. The second-order valence-electron chi connectivity index (χ2n) is 7.44. The lowest BCUT2D eigenvalue weighted by Gasteiger charge is -2.35. The van der Waals surface area contributed by atoms with Crippen molar-refractivity contribution in [2.75, 3.05) is 26.7 Å². The highest BCUT2D eigenvalue weighted by atomic mass is 32.2. The second-order valence-corrected chi connectivity index (χ2v) is 9.33. The highest BCUT2D eigenvalue weighted by Gasteiger charge is 2.40. The van der Waals surface area contributed by atoms with Crippen LogP contribution in [-0.2, 0) is 24.1 Å². The molecule has 1 aromatic heterocycles. The van der Waals surface area contributed by atoms with Gasteiger partial charge in [0.1, 0.15) is 0 Å². The van der Waals surface area contributed by atoms with Crippen LogP contribution in [0.2, 0.25) is 0 Å². The third kappa shape index (κ3) is 2.54. The molecule has 3 aliphatic heterocycles. The zero-order valence-corrected chi connectivity index (χ0v) is 15.7. The largest absolute Gasteiger partial charge is 0.328 e. The Labute approximate surface area is 147 Å². The van der Waals surface area contributed by atoms with E-state index in [1.54, 1.807) is 36.6 Å². The number of rotatable bonds is 2. The van der Waals surface area contributed by atoms with Crippen molar-refractivity contribution in [1.29, 1.82) is 0 Å². The first-order valence-electron chi connectivity index (χ1n) is 8.65. The molecule has 136 valence electrons. The molecule has 3 fully saturated rings. The van der Waals surface area contributed by atoms with Gasteiger partial charge in [-0.25, -0.2) is 13.2 Å². The van der Waals surface area contributed by atoms with Gasteiger partial charge in [-0.2, -0.15) is 4.31 Å². The van der Waals surface area contributed by atoms with Crippen LogP contribution in [0.1, 0.15) is 12.8 Å². The van der Waals surface area contributed by atoms with Crippen molar-refractivity contribution in [2.24, 2.45) is 20.0 Å². The molecule has 5 rings (SSSR count). The predicted molar refractivity (Wildman–Crippen MR) is 96.1 cm³/mol. The number of hydrogen-bond donors (Lipinski definition) is 0. The first kappa shape index (κ1) is 16.8. The van der Waals surface area contributed by atoms with Gasteiger partial charge >= 0.3 is 5.69 Å². The van der Waals surface area contributed by atoms with E-state index in [9.17, 15) is 13.2 Å². The maximum absolute atomic E-state index is 13.3. The minimum atomic E-state index is -3.57. The Morgan fingerprint density at radius 1 is 0.960 bits per heavy atom. The highest BCUT2D eigenvalue weighted by Crippen LogP contribution is 2.32. The molecule has 3 aliphatic rings. The van der Waals surface area contributed by atoms with E-state index in [1.807, 2.05) is 0 Å². The van der Waals surface area contributed by atoms with Crippen molar-refractivity contribution in [3.8, 4) is 0 Å². The van der Waals surface area contributed by atoms with E-state index in [-0.39, 0.29) is 16.6 Å². The van der Waals surface area contributed by atoms with Crippen LogP contribution >= 0.6 is 0 Å². The summed E-state index contributed by atoms with van der Waals surface area (Å²) in [6.07, 6.45) is 2.01. The SMILES string of the molecule is CN1C[C@@H]2CC[C@H](C1)N(S(=O)(=O)c1ccc3c(c1)n(C)c(=O)n3C)C2. The van der Waals surface area contributed by atoms with Gasteiger partial charge in [0.05, 0.1) is 15.9 Å². The van der Waals surface area contributed by atoms with Crippen molar-refractivity contribution in [3.63, 3.8) is 0 Å². The fraction of sp³-hybridized carbons (Fsp3) is 0.588. The Hall–Kier alpha value is -1.64. The molecule has 0 N–H and O–H groups in total. The summed E-state index contributed by atoms with van der Waals surface area (Å²) in [5.41, 5.74) is 1.23. The average Bonchev–Trinajstić information content (AvgIpc) is 2.77. The monoisotopic (exact) mass is 364 g/mol. The van der Waals surface area contributed by atoms with Crippen LogP contribution in [0.4, 0.5) is 0 Å². The number of likely N-dealkylation sites (N-methyl/N-ethyl adjacent to an activating group) is 1. The van der Waals surface area contributed by atoms with Crippen LogP contribution in [0, 0.1) is 5.92 Å². The Morgan fingerprint density at radius 2 is 1.68 bits per heavy atom. The van der Waals surface area contributed by atoms with Gasteiger partial charge in [0.25, 0.3) is 0 Å². The second kappa shape index (κ2) is 5.69. The molecule has 8 heteroatoms. The summed E-state index contributed by atoms with van der Waals surface area (Å²) < 4.78 is 31.3. The Morgan fingerprint density at radius 3 is 2.44 bits per heavy atom. The van der Waals surface area contributed by atoms with Crippen LogP contribution in [-0.4, -0.2) is 59.5 Å². The number of benzene rings is 1. The van der Waals surface area contributed by atoms with Gasteiger partial charge < -0.3 is 4.90 Å². The molecule has 0 unspecified atom stereocenters. The van der Waals surface area contributed by atoms with Crippen molar-refractivity contribution in [3.05, 3.63) is 28.7 Å². The fourth-order valence-electron chi connectivity index (χ4n) is 4.35. The first-order chi connectivity index (χ1) is 11.8. The number of fused-ring (bicyclic) bond motifs is 5. The average molecular weight is 364 g/mol. The summed E-state index contributed by atoms with van der Waals surface area (Å²) in [5, 5.41) is 0. The van der Waals surface area contributed by atoms with Crippen LogP contribution in [0.25, 0.3) is 11.0 Å². The minimum Gasteiger partial charge on any atom is -0.304 e. The maximum atomic E-state index is 13.3. The number of aryl methyl sites for hydroxylation is 2. The molecule has 0 radical (unpaired) electrons. The normalized spacial score (nSPS) is 25.6. The third-order valence-corrected chi connectivity index (χ3v) is 7.61. The summed E-state index contributed by atoms with van der Waals surface area (Å²) in [6, 6.07) is 5.02. The van der Waals surface area contributed by atoms with E-state index >= 15 is 0 Å². The third-order valence-electron chi connectivity index (χ3n) is 5.70. The molecule has 0 saturated carbocycles. The molecule has 2 aromatic rings. The summed E-state index contributed by atoms with van der Waals surface area (Å²) in [5.74, 6) is 0.392. The van der Waals surface area contributed by atoms with E-state index in [1.165, 1.54) is 9.13 Å². The van der Waals surface area contributed by atoms with Crippen LogP contribution in [0.3, 0.4) is 0 Å².